The summed E-state index contributed by atoms with van der Waals surface area (Å²) in [6.07, 6.45) is 0. The number of fused-ring (bicyclic) bond motifs is 1. The van der Waals surface area contributed by atoms with Crippen LogP contribution in [0.15, 0.2) is 72.8 Å². The molecule has 0 aliphatic heterocycles. The van der Waals surface area contributed by atoms with Crippen molar-refractivity contribution in [1.29, 1.82) is 0 Å². The van der Waals surface area contributed by atoms with Crippen LogP contribution in [0, 0.1) is 9.39 Å². The van der Waals surface area contributed by atoms with Gasteiger partial charge in [0.25, 0.3) is 0 Å². The molecule has 2 nitrogen and oxygen atoms in total. The van der Waals surface area contributed by atoms with Crippen molar-refractivity contribution < 1.29 is 9.13 Å². The number of aromatic nitrogens is 1. The SMILES string of the molecule is CC(C)c1c(I)c2c(OCc3ccccc3)cccc2n1-c1ccc(F)cc1. The summed E-state index contributed by atoms with van der Waals surface area (Å²) >= 11 is 2.41. The van der Waals surface area contributed by atoms with E-state index in [0.717, 1.165) is 27.9 Å². The standard InChI is InChI=1S/C24H21FINO/c1-16(2)24-23(26)22-20(27(24)19-13-11-18(25)12-14-19)9-6-10-21(22)28-15-17-7-4-3-5-8-17/h3-14,16H,15H2,1-2H3. The number of halogens is 2. The van der Waals surface area contributed by atoms with Crippen molar-refractivity contribution in [1.82, 2.24) is 4.57 Å². The van der Waals surface area contributed by atoms with Crippen LogP contribution in [0.3, 0.4) is 0 Å². The highest BCUT2D eigenvalue weighted by Crippen LogP contribution is 2.39. The summed E-state index contributed by atoms with van der Waals surface area (Å²) in [5.74, 6) is 0.952. The number of benzene rings is 3. The third kappa shape index (κ3) is 3.53. The monoisotopic (exact) mass is 485 g/mol. The number of nitrogens with zero attached hydrogens (tertiary/aromatic N) is 1. The van der Waals surface area contributed by atoms with Crippen molar-refractivity contribution in [3.05, 3.63) is 93.4 Å². The van der Waals surface area contributed by atoms with E-state index >= 15 is 0 Å². The van der Waals surface area contributed by atoms with Crippen LogP contribution in [0.25, 0.3) is 16.6 Å². The second-order valence-electron chi connectivity index (χ2n) is 7.09. The van der Waals surface area contributed by atoms with Gasteiger partial charge in [-0.05, 0) is 70.5 Å². The molecule has 4 aromatic rings. The molecule has 0 unspecified atom stereocenters. The van der Waals surface area contributed by atoms with Gasteiger partial charge in [0.05, 0.1) is 10.9 Å². The van der Waals surface area contributed by atoms with Gasteiger partial charge in [-0.15, -0.1) is 0 Å². The van der Waals surface area contributed by atoms with Gasteiger partial charge in [0.2, 0.25) is 0 Å². The molecule has 4 rings (SSSR count). The maximum absolute atomic E-state index is 13.5. The molecule has 1 aromatic heterocycles. The summed E-state index contributed by atoms with van der Waals surface area (Å²) in [7, 11) is 0. The van der Waals surface area contributed by atoms with E-state index in [1.165, 1.54) is 21.4 Å². The van der Waals surface area contributed by atoms with E-state index < -0.39 is 0 Å². The lowest BCUT2D eigenvalue weighted by atomic mass is 10.1. The van der Waals surface area contributed by atoms with E-state index in [-0.39, 0.29) is 5.82 Å². The van der Waals surface area contributed by atoms with Gasteiger partial charge in [-0.1, -0.05) is 50.2 Å². The second kappa shape index (κ2) is 7.95. The summed E-state index contributed by atoms with van der Waals surface area (Å²) in [5, 5.41) is 1.10. The molecule has 0 aliphatic carbocycles. The fourth-order valence-corrected chi connectivity index (χ4v) is 4.92. The Morgan fingerprint density at radius 1 is 0.929 bits per heavy atom. The molecule has 28 heavy (non-hydrogen) atoms. The summed E-state index contributed by atoms with van der Waals surface area (Å²) in [5.41, 5.74) is 4.37. The largest absolute Gasteiger partial charge is 0.488 e. The Balaban J connectivity index is 1.86. The molecule has 0 amide bonds. The Kier molecular flexibility index (Phi) is 5.40. The summed E-state index contributed by atoms with van der Waals surface area (Å²) in [6.45, 7) is 4.89. The van der Waals surface area contributed by atoms with Crippen LogP contribution in [-0.2, 0) is 6.61 Å². The molecule has 0 fully saturated rings. The molecule has 3 aromatic carbocycles. The first-order valence-corrected chi connectivity index (χ1v) is 10.4. The van der Waals surface area contributed by atoms with Crippen LogP contribution in [0.2, 0.25) is 0 Å². The molecule has 0 bridgehead atoms. The minimum absolute atomic E-state index is 0.229. The quantitative estimate of drug-likeness (QED) is 0.276. The van der Waals surface area contributed by atoms with E-state index in [1.807, 2.05) is 42.5 Å². The van der Waals surface area contributed by atoms with Crippen molar-refractivity contribution in [2.45, 2.75) is 26.4 Å². The number of rotatable bonds is 5. The first-order chi connectivity index (χ1) is 13.6. The van der Waals surface area contributed by atoms with Crippen LogP contribution in [-0.4, -0.2) is 4.57 Å². The topological polar surface area (TPSA) is 14.2 Å². The van der Waals surface area contributed by atoms with E-state index in [4.69, 9.17) is 4.74 Å². The first-order valence-electron chi connectivity index (χ1n) is 9.31. The highest BCUT2D eigenvalue weighted by Gasteiger charge is 2.21. The first kappa shape index (κ1) is 19.0. The molecule has 0 radical (unpaired) electrons. The smallest absolute Gasteiger partial charge is 0.130 e. The highest BCUT2D eigenvalue weighted by atomic mass is 127. The average molecular weight is 485 g/mol. The van der Waals surface area contributed by atoms with Crippen molar-refractivity contribution >= 4 is 33.5 Å². The Hall–Kier alpha value is -2.34. The predicted octanol–water partition coefficient (Wildman–Crippen LogP) is 7.08. The zero-order valence-corrected chi connectivity index (χ0v) is 18.0. The Morgan fingerprint density at radius 3 is 2.32 bits per heavy atom. The second-order valence-corrected chi connectivity index (χ2v) is 8.17. The summed E-state index contributed by atoms with van der Waals surface area (Å²) < 4.78 is 23.1. The van der Waals surface area contributed by atoms with Crippen molar-refractivity contribution in [3.8, 4) is 11.4 Å². The molecule has 0 atom stereocenters. The lowest BCUT2D eigenvalue weighted by molar-refractivity contribution is 0.310. The van der Waals surface area contributed by atoms with Gasteiger partial charge in [0.1, 0.15) is 18.2 Å². The zero-order chi connectivity index (χ0) is 19.7. The third-order valence-electron chi connectivity index (χ3n) is 4.80. The molecule has 4 heteroatoms. The molecule has 0 saturated heterocycles. The van der Waals surface area contributed by atoms with E-state index in [9.17, 15) is 4.39 Å². The zero-order valence-electron chi connectivity index (χ0n) is 15.8. The summed E-state index contributed by atoms with van der Waals surface area (Å²) in [6, 6.07) is 23.0. The van der Waals surface area contributed by atoms with E-state index in [1.54, 1.807) is 0 Å². The Labute approximate surface area is 178 Å². The van der Waals surface area contributed by atoms with Crippen LogP contribution in [0.4, 0.5) is 4.39 Å². The number of hydrogen-bond acceptors (Lipinski definition) is 1. The van der Waals surface area contributed by atoms with Crippen LogP contribution < -0.4 is 4.74 Å². The maximum atomic E-state index is 13.5. The lowest BCUT2D eigenvalue weighted by Gasteiger charge is -2.14. The van der Waals surface area contributed by atoms with Gasteiger partial charge in [-0.25, -0.2) is 4.39 Å². The fourth-order valence-electron chi connectivity index (χ4n) is 3.52. The third-order valence-corrected chi connectivity index (χ3v) is 5.89. The molecule has 1 heterocycles. The van der Waals surface area contributed by atoms with Crippen molar-refractivity contribution in [3.63, 3.8) is 0 Å². The maximum Gasteiger partial charge on any atom is 0.130 e. The predicted molar refractivity (Wildman–Crippen MR) is 121 cm³/mol. The minimum atomic E-state index is -0.229. The lowest BCUT2D eigenvalue weighted by Crippen LogP contribution is -2.03. The van der Waals surface area contributed by atoms with Gasteiger partial charge in [-0.2, -0.15) is 0 Å². The van der Waals surface area contributed by atoms with Gasteiger partial charge >= 0.3 is 0 Å². The fraction of sp³-hybridized carbons (Fsp3) is 0.167. The summed E-state index contributed by atoms with van der Waals surface area (Å²) in [4.78, 5) is 0. The van der Waals surface area contributed by atoms with Crippen LogP contribution in [0.1, 0.15) is 31.0 Å². The molecular weight excluding hydrogens is 464 g/mol. The molecule has 0 aliphatic rings. The van der Waals surface area contributed by atoms with Crippen molar-refractivity contribution in [2.24, 2.45) is 0 Å². The Morgan fingerprint density at radius 2 is 1.64 bits per heavy atom. The molecule has 0 N–H and O–H groups in total. The van der Waals surface area contributed by atoms with Crippen LogP contribution >= 0.6 is 22.6 Å². The molecule has 142 valence electrons. The molecular formula is C24H21FINO. The van der Waals surface area contributed by atoms with Gasteiger partial charge in [0.15, 0.2) is 0 Å². The normalized spacial score (nSPS) is 11.3. The minimum Gasteiger partial charge on any atom is -0.488 e. The van der Waals surface area contributed by atoms with Crippen molar-refractivity contribution in [2.75, 3.05) is 0 Å². The highest BCUT2D eigenvalue weighted by molar-refractivity contribution is 14.1. The van der Waals surface area contributed by atoms with Gasteiger partial charge in [-0.3, -0.25) is 0 Å². The molecule has 0 spiro atoms. The van der Waals surface area contributed by atoms with Gasteiger partial charge < -0.3 is 9.30 Å². The molecule has 0 saturated carbocycles. The number of ether oxygens (including phenoxy) is 1. The average Bonchev–Trinajstić information content (AvgIpc) is 3.01. The number of hydrogen-bond donors (Lipinski definition) is 0. The van der Waals surface area contributed by atoms with Crippen LogP contribution in [0.5, 0.6) is 5.75 Å². The Bertz CT molecular complexity index is 1100. The van der Waals surface area contributed by atoms with E-state index in [2.05, 4.69) is 59.2 Å². The van der Waals surface area contributed by atoms with Gasteiger partial charge in [0, 0.05) is 15.0 Å². The van der Waals surface area contributed by atoms with E-state index in [0.29, 0.717) is 12.5 Å².